The number of rotatable bonds is 14. The van der Waals surface area contributed by atoms with Crippen molar-refractivity contribution in [3.63, 3.8) is 0 Å². The van der Waals surface area contributed by atoms with Gasteiger partial charge in [0.2, 0.25) is 7.37 Å². The average Bonchev–Trinajstić information content (AvgIpc) is 2.48. The zero-order chi connectivity index (χ0) is 21.8. The van der Waals surface area contributed by atoms with Crippen molar-refractivity contribution < 1.29 is 28.2 Å². The van der Waals surface area contributed by atoms with Crippen molar-refractivity contribution in [3.8, 4) is 0 Å². The normalized spacial score (nSPS) is 15.6. The van der Waals surface area contributed by atoms with E-state index in [4.69, 9.17) is 19.0 Å². The maximum absolute atomic E-state index is 12.6. The lowest BCUT2D eigenvalue weighted by Gasteiger charge is -2.21. The van der Waals surface area contributed by atoms with Crippen LogP contribution in [-0.4, -0.2) is 34.7 Å². The summed E-state index contributed by atoms with van der Waals surface area (Å²) >= 11 is 0. The zero-order valence-electron chi connectivity index (χ0n) is 18.2. The van der Waals surface area contributed by atoms with Gasteiger partial charge >= 0.3 is 7.60 Å². The molecule has 0 rings (SSSR count). The predicted octanol–water partition coefficient (Wildman–Crippen LogP) is 6.22. The molecule has 0 aliphatic heterocycles. The molecule has 2 N–H and O–H groups in total. The Morgan fingerprint density at radius 2 is 1.46 bits per heavy atom. The summed E-state index contributed by atoms with van der Waals surface area (Å²) in [7, 11) is -7.98. The third kappa shape index (κ3) is 16.5. The van der Waals surface area contributed by atoms with Crippen molar-refractivity contribution in [1.29, 1.82) is 0 Å². The van der Waals surface area contributed by atoms with E-state index in [-0.39, 0.29) is 13.0 Å². The van der Waals surface area contributed by atoms with Gasteiger partial charge in [-0.25, -0.2) is 0 Å². The summed E-state index contributed by atoms with van der Waals surface area (Å²) in [4.78, 5) is 18.2. The smallest absolute Gasteiger partial charge is 0.335 e. The molecule has 0 aromatic heterocycles. The summed E-state index contributed by atoms with van der Waals surface area (Å²) in [5.74, 6) is -0.794. The molecule has 0 bridgehead atoms. The lowest BCUT2D eigenvalue weighted by Crippen LogP contribution is -2.09. The predicted molar refractivity (Wildman–Crippen MR) is 117 cm³/mol. The van der Waals surface area contributed by atoms with Gasteiger partial charge in [-0.15, -0.1) is 0 Å². The Labute approximate surface area is 170 Å². The van der Waals surface area contributed by atoms with Crippen LogP contribution in [-0.2, 0) is 18.4 Å². The molecule has 0 amide bonds. The molecule has 164 valence electrons. The fourth-order valence-corrected chi connectivity index (χ4v) is 6.55. The number of hydrogen-bond acceptors (Lipinski definition) is 4. The van der Waals surface area contributed by atoms with Gasteiger partial charge in [0.1, 0.15) is 12.3 Å². The van der Waals surface area contributed by atoms with Crippen LogP contribution in [0.4, 0.5) is 0 Å². The van der Waals surface area contributed by atoms with Crippen LogP contribution in [0.15, 0.2) is 34.9 Å². The first kappa shape index (κ1) is 27.5. The Hall–Kier alpha value is -0.480. The maximum atomic E-state index is 12.6. The zero-order valence-corrected chi connectivity index (χ0v) is 20.0. The van der Waals surface area contributed by atoms with Gasteiger partial charge in [-0.3, -0.25) is 9.13 Å². The van der Waals surface area contributed by atoms with Crippen LogP contribution in [0.25, 0.3) is 0 Å². The van der Waals surface area contributed by atoms with Crippen LogP contribution in [0.3, 0.4) is 0 Å². The molecular weight excluding hydrogens is 398 g/mol. The second kappa shape index (κ2) is 13.7. The van der Waals surface area contributed by atoms with Crippen molar-refractivity contribution in [3.05, 3.63) is 34.9 Å². The summed E-state index contributed by atoms with van der Waals surface area (Å²) in [5.41, 5.74) is 3.88. The first-order valence-corrected chi connectivity index (χ1v) is 13.5. The van der Waals surface area contributed by atoms with Crippen LogP contribution >= 0.6 is 15.0 Å². The van der Waals surface area contributed by atoms with Crippen LogP contribution in [0, 0.1) is 0 Å². The van der Waals surface area contributed by atoms with Crippen molar-refractivity contribution in [2.75, 3.05) is 18.9 Å². The molecule has 0 saturated carbocycles. The summed E-state index contributed by atoms with van der Waals surface area (Å²) in [6.45, 7) is 12.0. The van der Waals surface area contributed by atoms with E-state index in [1.807, 2.05) is 13.0 Å². The molecule has 0 aliphatic rings. The lowest BCUT2D eigenvalue weighted by molar-refractivity contribution is 0.174. The second-order valence-electron chi connectivity index (χ2n) is 7.73. The van der Waals surface area contributed by atoms with Crippen LogP contribution in [0.1, 0.15) is 67.2 Å². The van der Waals surface area contributed by atoms with Gasteiger partial charge in [0.05, 0.1) is 12.7 Å². The third-order valence-electron chi connectivity index (χ3n) is 3.76. The van der Waals surface area contributed by atoms with E-state index in [0.29, 0.717) is 0 Å². The SMILES string of the molecule is CC(C)=CCC/C(C)=C/CC/C(C)=C/COCP(=O)(CP(=O)(O)O)OC(C)C. The Kier molecular flexibility index (Phi) is 13.5. The minimum atomic E-state index is -4.44. The van der Waals surface area contributed by atoms with Gasteiger partial charge in [-0.05, 0) is 67.2 Å². The molecule has 0 heterocycles. The van der Waals surface area contributed by atoms with E-state index < -0.39 is 27.0 Å². The molecule has 0 aliphatic carbocycles. The topological polar surface area (TPSA) is 93.1 Å². The third-order valence-corrected chi connectivity index (χ3v) is 8.34. The van der Waals surface area contributed by atoms with Gasteiger partial charge in [-0.2, -0.15) is 0 Å². The molecule has 1 unspecified atom stereocenters. The highest BCUT2D eigenvalue weighted by Crippen LogP contribution is 2.58. The number of allylic oxidation sites excluding steroid dienone is 5. The van der Waals surface area contributed by atoms with E-state index in [1.54, 1.807) is 13.8 Å². The molecule has 8 heteroatoms. The monoisotopic (exact) mass is 436 g/mol. The van der Waals surface area contributed by atoms with Crippen molar-refractivity contribution in [1.82, 2.24) is 0 Å². The Morgan fingerprint density at radius 1 is 0.929 bits per heavy atom. The van der Waals surface area contributed by atoms with Crippen LogP contribution in [0.5, 0.6) is 0 Å². The lowest BCUT2D eigenvalue weighted by atomic mass is 10.1. The van der Waals surface area contributed by atoms with E-state index in [9.17, 15) is 9.13 Å². The quantitative estimate of drug-likeness (QED) is 0.191. The average molecular weight is 436 g/mol. The van der Waals surface area contributed by atoms with Gasteiger partial charge in [-0.1, -0.05) is 34.9 Å². The first-order valence-electron chi connectivity index (χ1n) is 9.66. The highest BCUT2D eigenvalue weighted by molar-refractivity contribution is 7.73. The molecular formula is C20H38O6P2. The highest BCUT2D eigenvalue weighted by atomic mass is 31.2. The van der Waals surface area contributed by atoms with E-state index in [0.717, 1.165) is 31.3 Å². The van der Waals surface area contributed by atoms with Gasteiger partial charge in [0, 0.05) is 0 Å². The van der Waals surface area contributed by atoms with Gasteiger partial charge in [0.25, 0.3) is 0 Å². The molecule has 6 nitrogen and oxygen atoms in total. The second-order valence-corrected chi connectivity index (χ2v) is 12.3. The molecule has 0 aromatic carbocycles. The van der Waals surface area contributed by atoms with E-state index >= 15 is 0 Å². The Morgan fingerprint density at radius 3 is 1.96 bits per heavy atom. The molecule has 1 atom stereocenters. The van der Waals surface area contributed by atoms with Crippen molar-refractivity contribution >= 4 is 15.0 Å². The molecule has 0 radical (unpaired) electrons. The number of ether oxygens (including phenoxy) is 1. The van der Waals surface area contributed by atoms with Crippen molar-refractivity contribution in [2.24, 2.45) is 0 Å². The summed E-state index contributed by atoms with van der Waals surface area (Å²) < 4.78 is 34.4. The van der Waals surface area contributed by atoms with Gasteiger partial charge in [0.15, 0.2) is 0 Å². The molecule has 0 aromatic rings. The Bertz CT molecular complexity index is 639. The summed E-state index contributed by atoms with van der Waals surface area (Å²) in [6.07, 6.45) is 9.71. The summed E-state index contributed by atoms with van der Waals surface area (Å²) in [6, 6.07) is 0. The number of hydrogen-bond donors (Lipinski definition) is 2. The van der Waals surface area contributed by atoms with Crippen LogP contribution < -0.4 is 0 Å². The van der Waals surface area contributed by atoms with E-state index in [1.165, 1.54) is 11.1 Å². The fourth-order valence-electron chi connectivity index (χ4n) is 2.50. The minimum absolute atomic E-state index is 0.238. The highest BCUT2D eigenvalue weighted by Gasteiger charge is 2.33. The molecule has 0 fully saturated rings. The fraction of sp³-hybridized carbons (Fsp3) is 0.700. The largest absolute Gasteiger partial charge is 0.367 e. The standard InChI is InChI=1S/C20H38O6P2/c1-17(2)9-7-10-19(5)11-8-12-20(6)13-14-25-15-27(21,26-18(3)4)16-28(22,23)24/h9,11,13,18H,7-8,10,12,14-16H2,1-6H3,(H2,22,23,24)/b19-11+,20-13+. The Balaban J connectivity index is 4.39. The van der Waals surface area contributed by atoms with Gasteiger partial charge < -0.3 is 19.0 Å². The maximum Gasteiger partial charge on any atom is 0.335 e. The minimum Gasteiger partial charge on any atom is -0.367 e. The van der Waals surface area contributed by atoms with Crippen LogP contribution in [0.2, 0.25) is 0 Å². The molecule has 0 spiro atoms. The summed E-state index contributed by atoms with van der Waals surface area (Å²) in [5, 5.41) is 0. The van der Waals surface area contributed by atoms with E-state index in [2.05, 4.69) is 32.9 Å². The molecule has 28 heavy (non-hydrogen) atoms. The first-order chi connectivity index (χ1) is 12.8. The van der Waals surface area contributed by atoms with Crippen molar-refractivity contribution in [2.45, 2.75) is 73.3 Å². The molecule has 0 saturated heterocycles.